The SMILES string of the molecule is COc1ccc(CN2Cc3cc(F)c(F)cc3C2)cc1O. The van der Waals surface area contributed by atoms with Crippen LogP contribution in [-0.4, -0.2) is 17.1 Å². The molecule has 0 bridgehead atoms. The Bertz CT molecular complexity index is 657. The first kappa shape index (κ1) is 13.8. The molecule has 2 aromatic carbocycles. The van der Waals surface area contributed by atoms with Gasteiger partial charge in [-0.2, -0.15) is 0 Å². The fraction of sp³-hybridized carbons (Fsp3) is 0.250. The second-order valence-corrected chi connectivity index (χ2v) is 5.19. The summed E-state index contributed by atoms with van der Waals surface area (Å²) in [7, 11) is 1.49. The lowest BCUT2D eigenvalue weighted by Crippen LogP contribution is -2.15. The highest BCUT2D eigenvalue weighted by Gasteiger charge is 2.21. The van der Waals surface area contributed by atoms with Gasteiger partial charge in [-0.1, -0.05) is 6.07 Å². The van der Waals surface area contributed by atoms with E-state index in [2.05, 4.69) is 4.90 Å². The van der Waals surface area contributed by atoms with E-state index in [0.29, 0.717) is 25.4 Å². The van der Waals surface area contributed by atoms with E-state index in [9.17, 15) is 13.9 Å². The van der Waals surface area contributed by atoms with Crippen molar-refractivity contribution in [2.75, 3.05) is 7.11 Å². The number of nitrogens with zero attached hydrogens (tertiary/aromatic N) is 1. The molecule has 2 aromatic rings. The molecule has 3 rings (SSSR count). The number of fused-ring (bicyclic) bond motifs is 1. The largest absolute Gasteiger partial charge is 0.504 e. The summed E-state index contributed by atoms with van der Waals surface area (Å²) in [5, 5.41) is 9.77. The predicted octanol–water partition coefficient (Wildman–Crippen LogP) is 3.19. The van der Waals surface area contributed by atoms with E-state index < -0.39 is 11.6 Å². The Kier molecular flexibility index (Phi) is 3.51. The zero-order chi connectivity index (χ0) is 15.0. The van der Waals surface area contributed by atoms with Crippen LogP contribution < -0.4 is 4.74 Å². The number of phenols is 1. The number of aromatic hydroxyl groups is 1. The van der Waals surface area contributed by atoms with Gasteiger partial charge in [0.2, 0.25) is 0 Å². The third kappa shape index (κ3) is 2.69. The van der Waals surface area contributed by atoms with Gasteiger partial charge in [0.15, 0.2) is 23.1 Å². The fourth-order valence-electron chi connectivity index (χ4n) is 2.67. The number of halogens is 2. The third-order valence-corrected chi connectivity index (χ3v) is 3.68. The van der Waals surface area contributed by atoms with Crippen molar-refractivity contribution < 1.29 is 18.6 Å². The topological polar surface area (TPSA) is 32.7 Å². The minimum Gasteiger partial charge on any atom is -0.504 e. The average molecular weight is 291 g/mol. The molecule has 1 heterocycles. The lowest BCUT2D eigenvalue weighted by molar-refractivity contribution is 0.274. The summed E-state index contributed by atoms with van der Waals surface area (Å²) in [6, 6.07) is 7.73. The molecule has 0 radical (unpaired) electrons. The zero-order valence-electron chi connectivity index (χ0n) is 11.6. The van der Waals surface area contributed by atoms with Crippen LogP contribution in [0.3, 0.4) is 0 Å². The first-order chi connectivity index (χ1) is 10.1. The van der Waals surface area contributed by atoms with Gasteiger partial charge in [0.1, 0.15) is 0 Å². The number of ether oxygens (including phenoxy) is 1. The molecule has 0 atom stereocenters. The molecule has 3 nitrogen and oxygen atoms in total. The molecule has 0 saturated heterocycles. The molecule has 21 heavy (non-hydrogen) atoms. The minimum atomic E-state index is -0.808. The number of methoxy groups -OCH3 is 1. The molecule has 1 N–H and O–H groups in total. The maximum absolute atomic E-state index is 13.2. The third-order valence-electron chi connectivity index (χ3n) is 3.68. The summed E-state index contributed by atoms with van der Waals surface area (Å²) >= 11 is 0. The van der Waals surface area contributed by atoms with Crippen molar-refractivity contribution in [3.63, 3.8) is 0 Å². The van der Waals surface area contributed by atoms with Crippen molar-refractivity contribution in [1.82, 2.24) is 4.90 Å². The van der Waals surface area contributed by atoms with E-state index in [0.717, 1.165) is 16.7 Å². The Balaban J connectivity index is 1.75. The van der Waals surface area contributed by atoms with Crippen molar-refractivity contribution in [3.8, 4) is 11.5 Å². The molecule has 5 heteroatoms. The van der Waals surface area contributed by atoms with Gasteiger partial charge in [-0.25, -0.2) is 8.78 Å². The Morgan fingerprint density at radius 1 is 1.10 bits per heavy atom. The normalized spacial score (nSPS) is 14.2. The molecule has 0 spiro atoms. The van der Waals surface area contributed by atoms with Crippen molar-refractivity contribution in [2.24, 2.45) is 0 Å². The number of phenolic OH excluding ortho intramolecular Hbond substituents is 1. The molecule has 0 amide bonds. The van der Waals surface area contributed by atoms with E-state index >= 15 is 0 Å². The highest BCUT2D eigenvalue weighted by Crippen LogP contribution is 2.30. The fourth-order valence-corrected chi connectivity index (χ4v) is 2.67. The molecule has 0 aromatic heterocycles. The summed E-state index contributed by atoms with van der Waals surface area (Å²) in [5.41, 5.74) is 2.54. The molecule has 0 saturated carbocycles. The molecule has 1 aliphatic rings. The van der Waals surface area contributed by atoms with Gasteiger partial charge in [-0.15, -0.1) is 0 Å². The van der Waals surface area contributed by atoms with Crippen LogP contribution in [0.4, 0.5) is 8.78 Å². The van der Waals surface area contributed by atoms with Crippen molar-refractivity contribution in [2.45, 2.75) is 19.6 Å². The van der Waals surface area contributed by atoms with Gasteiger partial charge >= 0.3 is 0 Å². The molecule has 0 unspecified atom stereocenters. The van der Waals surface area contributed by atoms with E-state index in [-0.39, 0.29) is 5.75 Å². The predicted molar refractivity (Wildman–Crippen MR) is 74.0 cm³/mol. The lowest BCUT2D eigenvalue weighted by Gasteiger charge is -2.15. The van der Waals surface area contributed by atoms with Gasteiger partial charge < -0.3 is 9.84 Å². The molecule has 0 aliphatic carbocycles. The first-order valence-electron chi connectivity index (χ1n) is 6.62. The van der Waals surface area contributed by atoms with Crippen LogP contribution in [0.25, 0.3) is 0 Å². The van der Waals surface area contributed by atoms with Gasteiger partial charge in [0.05, 0.1) is 7.11 Å². The summed E-state index contributed by atoms with van der Waals surface area (Å²) in [5.74, 6) is -1.10. The maximum atomic E-state index is 13.2. The molecule has 0 fully saturated rings. The number of benzene rings is 2. The van der Waals surface area contributed by atoms with E-state index in [1.165, 1.54) is 19.2 Å². The van der Waals surface area contributed by atoms with Crippen LogP contribution in [0, 0.1) is 11.6 Å². The first-order valence-corrected chi connectivity index (χ1v) is 6.62. The van der Waals surface area contributed by atoms with E-state index in [1.54, 1.807) is 12.1 Å². The second kappa shape index (κ2) is 5.33. The number of rotatable bonds is 3. The zero-order valence-corrected chi connectivity index (χ0v) is 11.6. The summed E-state index contributed by atoms with van der Waals surface area (Å²) in [6.07, 6.45) is 0. The van der Waals surface area contributed by atoms with Crippen LogP contribution >= 0.6 is 0 Å². The minimum absolute atomic E-state index is 0.0869. The quantitative estimate of drug-likeness (QED) is 0.942. The van der Waals surface area contributed by atoms with Crippen LogP contribution in [0.5, 0.6) is 11.5 Å². The standard InChI is InChI=1S/C16H15F2NO2/c1-21-16-3-2-10(4-15(16)20)7-19-8-11-5-13(17)14(18)6-12(11)9-19/h2-6,20H,7-9H2,1H3. The Hall–Kier alpha value is -2.14. The van der Waals surface area contributed by atoms with Crippen molar-refractivity contribution in [1.29, 1.82) is 0 Å². The Morgan fingerprint density at radius 3 is 2.24 bits per heavy atom. The summed E-state index contributed by atoms with van der Waals surface area (Å²) in [6.45, 7) is 1.73. The highest BCUT2D eigenvalue weighted by molar-refractivity contribution is 5.42. The van der Waals surface area contributed by atoms with E-state index in [1.807, 2.05) is 6.07 Å². The van der Waals surface area contributed by atoms with E-state index in [4.69, 9.17) is 4.74 Å². The maximum Gasteiger partial charge on any atom is 0.160 e. The molecular weight excluding hydrogens is 276 g/mol. The van der Waals surface area contributed by atoms with Gasteiger partial charge in [-0.05, 0) is 41.0 Å². The summed E-state index contributed by atoms with van der Waals surface area (Å²) < 4.78 is 31.4. The van der Waals surface area contributed by atoms with Crippen LogP contribution in [0.15, 0.2) is 30.3 Å². The summed E-state index contributed by atoms with van der Waals surface area (Å²) in [4.78, 5) is 2.06. The lowest BCUT2D eigenvalue weighted by atomic mass is 10.1. The van der Waals surface area contributed by atoms with Gasteiger partial charge in [-0.3, -0.25) is 4.90 Å². The molecular formula is C16H15F2NO2. The Labute approximate surface area is 121 Å². The monoisotopic (exact) mass is 291 g/mol. The molecule has 110 valence electrons. The Morgan fingerprint density at radius 2 is 1.71 bits per heavy atom. The highest BCUT2D eigenvalue weighted by atomic mass is 19.2. The number of hydrogen-bond acceptors (Lipinski definition) is 3. The van der Waals surface area contributed by atoms with Crippen LogP contribution in [-0.2, 0) is 19.6 Å². The van der Waals surface area contributed by atoms with Crippen molar-refractivity contribution in [3.05, 3.63) is 58.7 Å². The van der Waals surface area contributed by atoms with Gasteiger partial charge in [0.25, 0.3) is 0 Å². The average Bonchev–Trinajstić information content (AvgIpc) is 2.81. The smallest absolute Gasteiger partial charge is 0.160 e. The second-order valence-electron chi connectivity index (χ2n) is 5.19. The molecule has 1 aliphatic heterocycles. The van der Waals surface area contributed by atoms with Crippen LogP contribution in [0.2, 0.25) is 0 Å². The van der Waals surface area contributed by atoms with Crippen LogP contribution in [0.1, 0.15) is 16.7 Å². The van der Waals surface area contributed by atoms with Crippen molar-refractivity contribution >= 4 is 0 Å². The number of hydrogen-bond donors (Lipinski definition) is 1. The van der Waals surface area contributed by atoms with Gasteiger partial charge in [0, 0.05) is 19.6 Å².